The Bertz CT molecular complexity index is 1370. The minimum Gasteiger partial charge on any atom is -0.870 e. The second-order valence-corrected chi connectivity index (χ2v) is 25.9. The van der Waals surface area contributed by atoms with Crippen molar-refractivity contribution in [1.29, 1.82) is 0 Å². The molecule has 0 spiro atoms. The third-order valence-electron chi connectivity index (χ3n) is 7.13. The predicted molar refractivity (Wildman–Crippen MR) is 334 cm³/mol. The van der Waals surface area contributed by atoms with Crippen molar-refractivity contribution in [3.63, 3.8) is 0 Å². The molecule has 0 aromatic heterocycles. The van der Waals surface area contributed by atoms with Crippen LogP contribution in [0.1, 0.15) is 162 Å². The summed E-state index contributed by atoms with van der Waals surface area (Å²) in [6.07, 6.45) is 6.04. The molecule has 0 amide bonds. The van der Waals surface area contributed by atoms with E-state index in [9.17, 15) is 27.4 Å². The van der Waals surface area contributed by atoms with Crippen molar-refractivity contribution in [2.75, 3.05) is 94.7 Å². The fourth-order valence-electron chi connectivity index (χ4n) is 4.41. The molecule has 12 unspecified atom stereocenters. The molecule has 0 bridgehead atoms. The molecule has 21 nitrogen and oxygen atoms in total. The largest absolute Gasteiger partial charge is 1.00 e. The van der Waals surface area contributed by atoms with Gasteiger partial charge < -0.3 is 39.2 Å². The maximum Gasteiger partial charge on any atom is 1.00 e. The summed E-state index contributed by atoms with van der Waals surface area (Å²) >= 11 is 10.9. The molecular formula is C45H122Cl4N2NaO19P6+3. The molecule has 0 aromatic carbocycles. The number of rotatable bonds is 23. The van der Waals surface area contributed by atoms with Crippen molar-refractivity contribution in [1.82, 2.24) is 5.09 Å². The van der Waals surface area contributed by atoms with Crippen molar-refractivity contribution in [2.45, 2.75) is 210 Å². The summed E-state index contributed by atoms with van der Waals surface area (Å²) in [5.74, 6) is 0. The van der Waals surface area contributed by atoms with E-state index in [1.54, 1.807) is 48.8 Å². The molecule has 3 aliphatic rings. The Balaban J connectivity index is -0.0000000369. The molecule has 2 saturated carbocycles. The minimum atomic E-state index is -3.66. The Morgan fingerprint density at radius 3 is 1.17 bits per heavy atom. The standard InChI is InChI=1S/C9H20NO3P.C8H18ClO6P2.C5H12ClO3P.C5H12O3P.C4H9N.C3H6O3P.11CH4.Cl2.Na.H2O/c1-8(7-12-2)13-14(3,11)10-9-5-4-6-9;1-7(14-16(4)10)6-13-17(9,11)15-8(2)5-12-3;1-5(4-8-2)9-10(3,6)7;1-5(4-7-2)8-9(3)6;5-4-2-1-3-4;1-3-2-5-7(4)6-3;;;;;;;;;;;;1-2;;/h8-9H,4-7H2,1-3H3,(H,10,11);7-8H,5-6H2,1-4H3;5H,4H2,1-3H3;5H,4H2,1-3H3;4H,1-3,5H2;3H,2H2,1H3;11*1H4;;;1H2/q;+1;;+1;;+1;;;;;;;;;;;;;+1;/p-1. The summed E-state index contributed by atoms with van der Waals surface area (Å²) in [7, 11) is 6.86. The van der Waals surface area contributed by atoms with Crippen LogP contribution in [0.2, 0.25) is 0 Å². The van der Waals surface area contributed by atoms with Crippen molar-refractivity contribution in [3.05, 3.63) is 0 Å². The van der Waals surface area contributed by atoms with E-state index in [-0.39, 0.29) is 154 Å². The molecule has 1 saturated heterocycles. The van der Waals surface area contributed by atoms with Crippen LogP contribution in [0.25, 0.3) is 0 Å². The zero-order chi connectivity index (χ0) is 50.5. The van der Waals surface area contributed by atoms with Gasteiger partial charge in [-0.3, -0.25) is 18.2 Å². The van der Waals surface area contributed by atoms with Crippen LogP contribution in [-0.2, 0) is 82.5 Å². The van der Waals surface area contributed by atoms with Crippen molar-refractivity contribution in [3.8, 4) is 0 Å². The Labute approximate surface area is 519 Å². The Morgan fingerprint density at radius 2 is 0.935 bits per heavy atom. The molecule has 3 rings (SSSR count). The Morgan fingerprint density at radius 1 is 0.623 bits per heavy atom. The minimum absolute atomic E-state index is 0. The molecule has 3 fully saturated rings. The first-order valence-electron chi connectivity index (χ1n) is 20.0. The van der Waals surface area contributed by atoms with Crippen LogP contribution in [0.5, 0.6) is 0 Å². The number of nitrogens with two attached hydrogens (primary N) is 1. The smallest absolute Gasteiger partial charge is 0.870 e. The summed E-state index contributed by atoms with van der Waals surface area (Å²) in [6.45, 7) is 12.0. The molecule has 0 radical (unpaired) electrons. The van der Waals surface area contributed by atoms with Gasteiger partial charge in [0.05, 0.1) is 51.3 Å². The van der Waals surface area contributed by atoms with E-state index in [1.165, 1.54) is 52.8 Å². The van der Waals surface area contributed by atoms with Gasteiger partial charge in [0.25, 0.3) is 14.2 Å². The van der Waals surface area contributed by atoms with Crippen molar-refractivity contribution < 1.29 is 118 Å². The second-order valence-electron chi connectivity index (χ2n) is 14.5. The van der Waals surface area contributed by atoms with Crippen LogP contribution in [0.15, 0.2) is 0 Å². The first-order chi connectivity index (χ1) is 29.6. The third-order valence-corrected chi connectivity index (χ3v) is 13.5. The zero-order valence-corrected chi connectivity index (χ0v) is 51.6. The molecule has 77 heavy (non-hydrogen) atoms. The fraction of sp³-hybridized carbons (Fsp3) is 1.00. The number of halogens is 4. The van der Waals surface area contributed by atoms with E-state index in [1.807, 2.05) is 20.8 Å². The van der Waals surface area contributed by atoms with Crippen LogP contribution in [0.4, 0.5) is 0 Å². The van der Waals surface area contributed by atoms with Crippen molar-refractivity contribution >= 4 is 89.7 Å². The zero-order valence-electron chi connectivity index (χ0n) is 41.2. The van der Waals surface area contributed by atoms with E-state index >= 15 is 0 Å². The molecular weight excluding hydrogens is 1220 g/mol. The quantitative estimate of drug-likeness (QED) is 0.0710. The molecule has 32 heteroatoms. The van der Waals surface area contributed by atoms with Gasteiger partial charge in [-0.05, 0) is 87.6 Å². The van der Waals surface area contributed by atoms with E-state index in [0.29, 0.717) is 38.5 Å². The van der Waals surface area contributed by atoms with E-state index in [0.717, 1.165) is 12.8 Å². The normalized spacial score (nSPS) is 18.1. The predicted octanol–water partition coefficient (Wildman–Crippen LogP) is 15.5. The topological polar surface area (TPSA) is 281 Å². The maximum absolute atomic E-state index is 11.9. The number of hydrogen-bond acceptors (Lipinski definition) is 20. The summed E-state index contributed by atoms with van der Waals surface area (Å²) in [6, 6.07) is 0.954. The molecule has 482 valence electrons. The number of nitrogens with one attached hydrogen (secondary N) is 1. The van der Waals surface area contributed by atoms with Gasteiger partial charge in [0.1, 0.15) is 24.9 Å². The van der Waals surface area contributed by atoms with Gasteiger partial charge >= 0.3 is 60.8 Å². The van der Waals surface area contributed by atoms with E-state index in [2.05, 4.69) is 35.8 Å². The molecule has 1 heterocycles. The molecule has 1 aliphatic heterocycles. The summed E-state index contributed by atoms with van der Waals surface area (Å²) in [5.41, 5.74) is 5.38. The van der Waals surface area contributed by atoms with Gasteiger partial charge in [0.2, 0.25) is 0 Å². The van der Waals surface area contributed by atoms with Crippen molar-refractivity contribution in [2.24, 2.45) is 5.73 Å². The fourth-order valence-corrected chi connectivity index (χ4v) is 10.7. The van der Waals surface area contributed by atoms with Gasteiger partial charge in [-0.2, -0.15) is 0 Å². The third kappa shape index (κ3) is 95.2. The summed E-state index contributed by atoms with van der Waals surface area (Å²) in [4.78, 5) is 0. The number of hydrogen-bond donors (Lipinski definition) is 2. The van der Waals surface area contributed by atoms with Crippen LogP contribution in [0, 0.1) is 0 Å². The first-order valence-corrected chi connectivity index (χ1v) is 33.0. The average molecular weight is 1350 g/mol. The van der Waals surface area contributed by atoms with Gasteiger partial charge in [-0.1, -0.05) is 94.5 Å². The van der Waals surface area contributed by atoms with Crippen LogP contribution >= 0.6 is 89.7 Å². The summed E-state index contributed by atoms with van der Waals surface area (Å²) < 4.78 is 124. The molecule has 2 aliphatic carbocycles. The van der Waals surface area contributed by atoms with E-state index < -0.39 is 57.7 Å². The van der Waals surface area contributed by atoms with Crippen LogP contribution in [0.3, 0.4) is 0 Å². The molecule has 4 N–H and O–H groups in total. The van der Waals surface area contributed by atoms with Gasteiger partial charge in [0.15, 0.2) is 13.3 Å². The number of ether oxygens (including phenoxy) is 4. The summed E-state index contributed by atoms with van der Waals surface area (Å²) in [5, 5.41) is 3.06. The van der Waals surface area contributed by atoms with Gasteiger partial charge in [-0.15, -0.1) is 18.1 Å². The van der Waals surface area contributed by atoms with Gasteiger partial charge in [0, 0.05) is 91.4 Å². The first kappa shape index (κ1) is 125. The number of methoxy groups -OCH3 is 4. The molecule has 0 aromatic rings. The Hall–Kier alpha value is 2.55. The monoisotopic (exact) mass is 1340 g/mol. The maximum atomic E-state index is 11.9. The SMILES string of the molecule is C.C.C.C.C.C.C.C.C.C.C.CC1CO[P+](=O)O1.COCC(C)OP(=O)(Cl)OCC(C)O[P+](C)=O.COCC(C)OP(C)(=O)Cl.COCC(C)OP(C)(=O)NC1CCC1.COCC(C)O[P+](C)=O.ClCl.NC1CCC1.[Na+].[OH-]. The van der Waals surface area contributed by atoms with E-state index in [4.69, 9.17) is 74.3 Å². The Kier molecular flexibility index (Phi) is 125. The average Bonchev–Trinajstić information content (AvgIpc) is 3.51. The van der Waals surface area contributed by atoms with Crippen LogP contribution in [-0.4, -0.2) is 149 Å². The van der Waals surface area contributed by atoms with Gasteiger partial charge in [-0.25, -0.2) is 9.65 Å². The second kappa shape index (κ2) is 76.6. The van der Waals surface area contributed by atoms with Crippen LogP contribution < -0.4 is 40.4 Å². The molecule has 12 atom stereocenters.